The van der Waals surface area contributed by atoms with Crippen LogP contribution < -0.4 is 11.1 Å². The first-order valence-electron chi connectivity index (χ1n) is 5.21. The molecule has 1 aromatic heterocycles. The van der Waals surface area contributed by atoms with E-state index in [0.29, 0.717) is 12.4 Å². The Morgan fingerprint density at radius 2 is 2.24 bits per heavy atom. The summed E-state index contributed by atoms with van der Waals surface area (Å²) >= 11 is 3.38. The maximum absolute atomic E-state index is 9.25. The van der Waals surface area contributed by atoms with Crippen LogP contribution in [-0.4, -0.2) is 27.7 Å². The van der Waals surface area contributed by atoms with Crippen LogP contribution in [0.25, 0.3) is 10.9 Å². The van der Waals surface area contributed by atoms with Gasteiger partial charge in [-0.05, 0) is 25.1 Å². The van der Waals surface area contributed by atoms with E-state index in [1.165, 1.54) is 0 Å². The van der Waals surface area contributed by atoms with Crippen molar-refractivity contribution < 1.29 is 5.11 Å². The number of halogens is 1. The summed E-state index contributed by atoms with van der Waals surface area (Å²) in [5, 5.41) is 13.2. The first-order chi connectivity index (χ1) is 8.06. The Bertz CT molecular complexity index is 539. The lowest BCUT2D eigenvalue weighted by Crippen LogP contribution is -2.16. The lowest BCUT2D eigenvalue weighted by Gasteiger charge is -2.10. The number of aliphatic hydroxyl groups is 1. The number of nitrogens with zero attached hydrogens (tertiary/aromatic N) is 2. The molecular formula is C11H13BrN4O. The van der Waals surface area contributed by atoms with E-state index < -0.39 is 6.10 Å². The van der Waals surface area contributed by atoms with Gasteiger partial charge in [0.05, 0.1) is 11.6 Å². The van der Waals surface area contributed by atoms with E-state index in [4.69, 9.17) is 5.73 Å². The van der Waals surface area contributed by atoms with Gasteiger partial charge in [-0.2, -0.15) is 4.98 Å². The van der Waals surface area contributed by atoms with Gasteiger partial charge in [-0.15, -0.1) is 0 Å². The zero-order valence-electron chi connectivity index (χ0n) is 9.31. The smallest absolute Gasteiger partial charge is 0.222 e. The molecule has 0 aliphatic heterocycles. The highest BCUT2D eigenvalue weighted by atomic mass is 79.9. The predicted molar refractivity (Wildman–Crippen MR) is 71.8 cm³/mol. The van der Waals surface area contributed by atoms with Gasteiger partial charge >= 0.3 is 0 Å². The molecule has 0 spiro atoms. The van der Waals surface area contributed by atoms with Crippen LogP contribution in [0.5, 0.6) is 0 Å². The predicted octanol–water partition coefficient (Wildman–Crippen LogP) is 1.77. The number of aromatic nitrogens is 2. The van der Waals surface area contributed by atoms with Gasteiger partial charge < -0.3 is 16.2 Å². The molecule has 1 aromatic carbocycles. The van der Waals surface area contributed by atoms with Crippen LogP contribution in [0.2, 0.25) is 0 Å². The van der Waals surface area contributed by atoms with Crippen molar-refractivity contribution in [3.05, 3.63) is 22.7 Å². The number of nitrogen functional groups attached to an aromatic ring is 1. The summed E-state index contributed by atoms with van der Waals surface area (Å²) < 4.78 is 0.935. The van der Waals surface area contributed by atoms with Crippen LogP contribution in [0.4, 0.5) is 11.8 Å². The van der Waals surface area contributed by atoms with Crippen LogP contribution in [-0.2, 0) is 0 Å². The molecule has 1 unspecified atom stereocenters. The topological polar surface area (TPSA) is 84.1 Å². The summed E-state index contributed by atoms with van der Waals surface area (Å²) in [6, 6.07) is 5.69. The summed E-state index contributed by atoms with van der Waals surface area (Å²) in [4.78, 5) is 8.29. The molecule has 6 heteroatoms. The molecule has 0 saturated carbocycles. The third kappa shape index (κ3) is 2.83. The monoisotopic (exact) mass is 296 g/mol. The number of nitrogens with one attached hydrogen (secondary N) is 1. The number of nitrogens with two attached hydrogens (primary N) is 1. The molecule has 0 radical (unpaired) electrons. The molecule has 0 fully saturated rings. The molecule has 90 valence electrons. The number of benzene rings is 1. The third-order valence-electron chi connectivity index (χ3n) is 2.24. The SMILES string of the molecule is CC(O)CNc1nc(N)nc2cc(Br)ccc12. The number of fused-ring (bicyclic) bond motifs is 1. The third-order valence-corrected chi connectivity index (χ3v) is 2.73. The Balaban J connectivity index is 2.46. The van der Waals surface area contributed by atoms with Gasteiger partial charge in [-0.3, -0.25) is 0 Å². The van der Waals surface area contributed by atoms with Crippen molar-refractivity contribution >= 4 is 38.6 Å². The van der Waals surface area contributed by atoms with Gasteiger partial charge in [-0.1, -0.05) is 15.9 Å². The molecule has 17 heavy (non-hydrogen) atoms. The van der Waals surface area contributed by atoms with Crippen LogP contribution in [0, 0.1) is 0 Å². The molecule has 4 N–H and O–H groups in total. The van der Waals surface area contributed by atoms with Crippen molar-refractivity contribution in [2.24, 2.45) is 0 Å². The lowest BCUT2D eigenvalue weighted by atomic mass is 10.2. The fourth-order valence-electron chi connectivity index (χ4n) is 1.50. The fourth-order valence-corrected chi connectivity index (χ4v) is 1.85. The van der Waals surface area contributed by atoms with Crippen molar-refractivity contribution in [3.63, 3.8) is 0 Å². The Labute approximate surface area is 107 Å². The number of anilines is 2. The normalized spacial score (nSPS) is 12.6. The Kier molecular flexibility index (Phi) is 3.44. The molecule has 5 nitrogen and oxygen atoms in total. The first kappa shape index (κ1) is 12.1. The zero-order chi connectivity index (χ0) is 12.4. The highest BCUT2D eigenvalue weighted by Gasteiger charge is 2.07. The first-order valence-corrected chi connectivity index (χ1v) is 6.00. The van der Waals surface area contributed by atoms with E-state index in [9.17, 15) is 5.11 Å². The van der Waals surface area contributed by atoms with Gasteiger partial charge in [-0.25, -0.2) is 4.98 Å². The van der Waals surface area contributed by atoms with Gasteiger partial charge in [0.1, 0.15) is 5.82 Å². The van der Waals surface area contributed by atoms with E-state index in [-0.39, 0.29) is 5.95 Å². The van der Waals surface area contributed by atoms with E-state index >= 15 is 0 Å². The number of rotatable bonds is 3. The largest absolute Gasteiger partial charge is 0.392 e. The highest BCUT2D eigenvalue weighted by Crippen LogP contribution is 2.24. The van der Waals surface area contributed by atoms with Crippen molar-refractivity contribution in [3.8, 4) is 0 Å². The van der Waals surface area contributed by atoms with E-state index in [0.717, 1.165) is 15.4 Å². The fraction of sp³-hybridized carbons (Fsp3) is 0.273. The average Bonchev–Trinajstić information content (AvgIpc) is 2.24. The van der Waals surface area contributed by atoms with Gasteiger partial charge in [0.15, 0.2) is 0 Å². The minimum absolute atomic E-state index is 0.212. The number of hydrogen-bond donors (Lipinski definition) is 3. The number of hydrogen-bond acceptors (Lipinski definition) is 5. The van der Waals surface area contributed by atoms with Crippen LogP contribution in [0.1, 0.15) is 6.92 Å². The minimum atomic E-state index is -0.448. The summed E-state index contributed by atoms with van der Waals surface area (Å²) in [6.07, 6.45) is -0.448. The van der Waals surface area contributed by atoms with Crippen LogP contribution >= 0.6 is 15.9 Å². The van der Waals surface area contributed by atoms with Gasteiger partial charge in [0, 0.05) is 16.4 Å². The maximum Gasteiger partial charge on any atom is 0.222 e. The quantitative estimate of drug-likeness (QED) is 0.804. The second-order valence-electron chi connectivity index (χ2n) is 3.82. The number of aliphatic hydroxyl groups excluding tert-OH is 1. The van der Waals surface area contributed by atoms with Crippen LogP contribution in [0.15, 0.2) is 22.7 Å². The van der Waals surface area contributed by atoms with Gasteiger partial charge in [0.2, 0.25) is 5.95 Å². The molecular weight excluding hydrogens is 284 g/mol. The Morgan fingerprint density at radius 3 is 2.94 bits per heavy atom. The van der Waals surface area contributed by atoms with Crippen molar-refractivity contribution in [1.29, 1.82) is 0 Å². The molecule has 0 saturated heterocycles. The minimum Gasteiger partial charge on any atom is -0.392 e. The highest BCUT2D eigenvalue weighted by molar-refractivity contribution is 9.10. The van der Waals surface area contributed by atoms with Crippen molar-refractivity contribution in [2.75, 3.05) is 17.6 Å². The van der Waals surface area contributed by atoms with Gasteiger partial charge in [0.25, 0.3) is 0 Å². The molecule has 0 amide bonds. The molecule has 2 aromatic rings. The maximum atomic E-state index is 9.25. The summed E-state index contributed by atoms with van der Waals surface area (Å²) in [6.45, 7) is 2.12. The van der Waals surface area contributed by atoms with Crippen LogP contribution in [0.3, 0.4) is 0 Å². The van der Waals surface area contributed by atoms with E-state index in [1.54, 1.807) is 6.92 Å². The molecule has 1 atom stereocenters. The summed E-state index contributed by atoms with van der Waals surface area (Å²) in [7, 11) is 0. The molecule has 0 aliphatic carbocycles. The molecule has 2 rings (SSSR count). The average molecular weight is 297 g/mol. The van der Waals surface area contributed by atoms with Crippen molar-refractivity contribution in [2.45, 2.75) is 13.0 Å². The summed E-state index contributed by atoms with van der Waals surface area (Å²) in [5.41, 5.74) is 6.40. The van der Waals surface area contributed by atoms with Crippen molar-refractivity contribution in [1.82, 2.24) is 9.97 Å². The summed E-state index contributed by atoms with van der Waals surface area (Å²) in [5.74, 6) is 0.851. The zero-order valence-corrected chi connectivity index (χ0v) is 10.9. The second kappa shape index (κ2) is 4.85. The Morgan fingerprint density at radius 1 is 1.47 bits per heavy atom. The second-order valence-corrected chi connectivity index (χ2v) is 4.74. The van der Waals surface area contributed by atoms with E-state index in [2.05, 4.69) is 31.2 Å². The Hall–Kier alpha value is -1.40. The van der Waals surface area contributed by atoms with E-state index in [1.807, 2.05) is 18.2 Å². The molecule has 1 heterocycles. The lowest BCUT2D eigenvalue weighted by molar-refractivity contribution is 0.208. The molecule has 0 aliphatic rings. The standard InChI is InChI=1S/C11H13BrN4O/c1-6(17)5-14-10-8-3-2-7(12)4-9(8)15-11(13)16-10/h2-4,6,17H,5H2,1H3,(H3,13,14,15,16). The molecule has 0 bridgehead atoms.